The molecule has 32 heavy (non-hydrogen) atoms. The van der Waals surface area contributed by atoms with Crippen molar-refractivity contribution in [1.29, 1.82) is 0 Å². The molecule has 2 heterocycles. The van der Waals surface area contributed by atoms with Gasteiger partial charge in [0.1, 0.15) is 12.4 Å². The molecule has 2 amide bonds. The molecule has 9 heteroatoms. The van der Waals surface area contributed by atoms with Crippen molar-refractivity contribution in [2.24, 2.45) is 0 Å². The molecule has 4 rings (SSSR count). The fraction of sp³-hybridized carbons (Fsp3) is 0.0870. The van der Waals surface area contributed by atoms with Crippen molar-refractivity contribution in [2.45, 2.75) is 13.0 Å². The molecule has 2 aromatic carbocycles. The van der Waals surface area contributed by atoms with E-state index in [1.54, 1.807) is 72.3 Å². The number of benzene rings is 2. The molecule has 0 aliphatic carbocycles. The third-order valence-electron chi connectivity index (χ3n) is 4.38. The van der Waals surface area contributed by atoms with E-state index in [9.17, 15) is 9.59 Å². The number of thiazole rings is 1. The van der Waals surface area contributed by atoms with E-state index in [0.29, 0.717) is 39.4 Å². The molecule has 0 saturated heterocycles. The maximum absolute atomic E-state index is 12.3. The minimum absolute atomic E-state index is 0.0401. The molecule has 0 atom stereocenters. The smallest absolute Gasteiger partial charge is 0.269 e. The van der Waals surface area contributed by atoms with Crippen molar-refractivity contribution in [3.8, 4) is 16.5 Å². The van der Waals surface area contributed by atoms with Crippen molar-refractivity contribution in [1.82, 2.24) is 15.8 Å². The van der Waals surface area contributed by atoms with Crippen LogP contribution in [-0.4, -0.2) is 16.8 Å². The summed E-state index contributed by atoms with van der Waals surface area (Å²) in [6.45, 7) is 0.355. The van der Waals surface area contributed by atoms with Crippen LogP contribution in [0.5, 0.6) is 5.75 Å². The van der Waals surface area contributed by atoms with Crippen molar-refractivity contribution in [2.75, 3.05) is 0 Å². The number of halogens is 1. The van der Waals surface area contributed by atoms with Gasteiger partial charge in [0.05, 0.1) is 18.4 Å². The summed E-state index contributed by atoms with van der Waals surface area (Å²) in [5.41, 5.74) is 6.72. The summed E-state index contributed by atoms with van der Waals surface area (Å²) in [6.07, 6.45) is 1.61. The number of amides is 2. The SMILES string of the molecule is O=C(Cc1csc(-c2ccco2)n1)NNC(=O)c1ccc(COc2ccc(Cl)cc2)cc1. The molecule has 0 radical (unpaired) electrons. The third kappa shape index (κ3) is 5.75. The highest BCUT2D eigenvalue weighted by atomic mass is 35.5. The highest BCUT2D eigenvalue weighted by Crippen LogP contribution is 2.24. The summed E-state index contributed by atoms with van der Waals surface area (Å²) in [5.74, 6) is 0.563. The summed E-state index contributed by atoms with van der Waals surface area (Å²) in [5, 5.41) is 3.12. The Balaban J connectivity index is 1.23. The quantitative estimate of drug-likeness (QED) is 0.386. The van der Waals surface area contributed by atoms with Gasteiger partial charge in [-0.2, -0.15) is 0 Å². The Morgan fingerprint density at radius 3 is 2.53 bits per heavy atom. The van der Waals surface area contributed by atoms with Crippen molar-refractivity contribution in [3.05, 3.63) is 94.2 Å². The van der Waals surface area contributed by atoms with E-state index in [-0.39, 0.29) is 12.3 Å². The van der Waals surface area contributed by atoms with Gasteiger partial charge in [-0.3, -0.25) is 20.4 Å². The van der Waals surface area contributed by atoms with Crippen LogP contribution in [-0.2, 0) is 17.8 Å². The largest absolute Gasteiger partial charge is 0.489 e. The van der Waals surface area contributed by atoms with Gasteiger partial charge in [-0.15, -0.1) is 11.3 Å². The normalized spacial score (nSPS) is 10.5. The molecule has 0 spiro atoms. The maximum Gasteiger partial charge on any atom is 0.269 e. The summed E-state index contributed by atoms with van der Waals surface area (Å²) < 4.78 is 11.0. The second-order valence-corrected chi connectivity index (χ2v) is 8.03. The number of rotatable bonds is 7. The average Bonchev–Trinajstić information content (AvgIpc) is 3.50. The lowest BCUT2D eigenvalue weighted by molar-refractivity contribution is -0.121. The van der Waals surface area contributed by atoms with E-state index in [1.165, 1.54) is 11.3 Å². The molecule has 2 aromatic heterocycles. The lowest BCUT2D eigenvalue weighted by Gasteiger charge is -2.09. The maximum atomic E-state index is 12.3. The van der Waals surface area contributed by atoms with Crippen LogP contribution in [0.15, 0.2) is 76.7 Å². The number of hydrogen-bond acceptors (Lipinski definition) is 6. The van der Waals surface area contributed by atoms with E-state index >= 15 is 0 Å². The van der Waals surface area contributed by atoms with E-state index in [1.807, 2.05) is 0 Å². The first kappa shape index (κ1) is 21.6. The number of furan rings is 1. The number of carbonyl (C=O) groups is 2. The molecular weight excluding hydrogens is 450 g/mol. The molecule has 0 unspecified atom stereocenters. The fourth-order valence-corrected chi connectivity index (χ4v) is 3.67. The Morgan fingerprint density at radius 2 is 1.81 bits per heavy atom. The predicted molar refractivity (Wildman–Crippen MR) is 121 cm³/mol. The van der Waals surface area contributed by atoms with Crippen LogP contribution in [0.3, 0.4) is 0 Å². The number of carbonyl (C=O) groups excluding carboxylic acids is 2. The van der Waals surface area contributed by atoms with Crippen LogP contribution < -0.4 is 15.6 Å². The standard InChI is InChI=1S/C23H18ClN3O4S/c24-17-7-9-19(10-8-17)31-13-15-3-5-16(6-4-15)22(29)27-26-21(28)12-18-14-32-23(25-18)20-2-1-11-30-20/h1-11,14H,12-13H2,(H,26,28)(H,27,29). The molecular formula is C23H18ClN3O4S. The number of nitrogens with zero attached hydrogens (tertiary/aromatic N) is 1. The van der Waals surface area contributed by atoms with E-state index < -0.39 is 5.91 Å². The van der Waals surface area contributed by atoms with Crippen LogP contribution in [0.1, 0.15) is 21.6 Å². The molecule has 162 valence electrons. The van der Waals surface area contributed by atoms with Gasteiger partial charge in [0.25, 0.3) is 5.91 Å². The van der Waals surface area contributed by atoms with Gasteiger partial charge >= 0.3 is 0 Å². The zero-order valence-corrected chi connectivity index (χ0v) is 18.3. The summed E-state index contributed by atoms with van der Waals surface area (Å²) in [6, 6.07) is 17.6. The highest BCUT2D eigenvalue weighted by Gasteiger charge is 2.12. The van der Waals surface area contributed by atoms with E-state index in [4.69, 9.17) is 20.8 Å². The molecule has 7 nitrogen and oxygen atoms in total. The summed E-state index contributed by atoms with van der Waals surface area (Å²) in [4.78, 5) is 28.8. The summed E-state index contributed by atoms with van der Waals surface area (Å²) >= 11 is 7.24. The van der Waals surface area contributed by atoms with Gasteiger partial charge in [-0.05, 0) is 54.1 Å². The first-order valence-corrected chi connectivity index (χ1v) is 10.9. The first-order valence-electron chi connectivity index (χ1n) is 9.61. The molecule has 0 aliphatic heterocycles. The van der Waals surface area contributed by atoms with Gasteiger partial charge in [0.15, 0.2) is 10.8 Å². The van der Waals surface area contributed by atoms with Gasteiger partial charge in [-0.25, -0.2) is 4.98 Å². The Morgan fingerprint density at radius 1 is 1.03 bits per heavy atom. The van der Waals surface area contributed by atoms with Crippen molar-refractivity contribution in [3.63, 3.8) is 0 Å². The Hall–Kier alpha value is -3.62. The van der Waals surface area contributed by atoms with Gasteiger partial charge in [-0.1, -0.05) is 23.7 Å². The molecule has 4 aromatic rings. The van der Waals surface area contributed by atoms with Crippen LogP contribution in [0.2, 0.25) is 5.02 Å². The lowest BCUT2D eigenvalue weighted by Crippen LogP contribution is -2.42. The van der Waals surface area contributed by atoms with Crippen LogP contribution in [0, 0.1) is 0 Å². The number of hydrazine groups is 1. The van der Waals surface area contributed by atoms with Crippen LogP contribution in [0.4, 0.5) is 0 Å². The van der Waals surface area contributed by atoms with Crippen LogP contribution >= 0.6 is 22.9 Å². The monoisotopic (exact) mass is 467 g/mol. The Bertz CT molecular complexity index is 1190. The Labute approximate surface area is 193 Å². The molecule has 0 aliphatic rings. The second-order valence-electron chi connectivity index (χ2n) is 6.74. The zero-order chi connectivity index (χ0) is 22.3. The van der Waals surface area contributed by atoms with Crippen molar-refractivity contribution >= 4 is 34.8 Å². The number of aromatic nitrogens is 1. The summed E-state index contributed by atoms with van der Waals surface area (Å²) in [7, 11) is 0. The first-order chi connectivity index (χ1) is 15.6. The van der Waals surface area contributed by atoms with E-state index in [2.05, 4.69) is 15.8 Å². The molecule has 0 saturated carbocycles. The number of ether oxygens (including phenoxy) is 1. The topological polar surface area (TPSA) is 93.5 Å². The minimum atomic E-state index is -0.418. The van der Waals surface area contributed by atoms with Gasteiger partial charge in [0.2, 0.25) is 5.91 Å². The third-order valence-corrected chi connectivity index (χ3v) is 5.53. The van der Waals surface area contributed by atoms with Crippen molar-refractivity contribution < 1.29 is 18.7 Å². The predicted octanol–water partition coefficient (Wildman–Crippen LogP) is 4.64. The highest BCUT2D eigenvalue weighted by molar-refractivity contribution is 7.13. The molecule has 0 fully saturated rings. The molecule has 2 N–H and O–H groups in total. The lowest BCUT2D eigenvalue weighted by atomic mass is 10.1. The zero-order valence-electron chi connectivity index (χ0n) is 16.7. The average molecular weight is 468 g/mol. The number of nitrogens with one attached hydrogen (secondary N) is 2. The van der Waals surface area contributed by atoms with Gasteiger partial charge in [0, 0.05) is 16.0 Å². The van der Waals surface area contributed by atoms with Crippen LogP contribution in [0.25, 0.3) is 10.8 Å². The second kappa shape index (κ2) is 10.1. The fourth-order valence-electron chi connectivity index (χ4n) is 2.76. The van der Waals surface area contributed by atoms with Gasteiger partial charge < -0.3 is 9.15 Å². The minimum Gasteiger partial charge on any atom is -0.489 e. The number of hydrogen-bond donors (Lipinski definition) is 2. The Kier molecular flexibility index (Phi) is 6.84. The molecule has 0 bridgehead atoms. The van der Waals surface area contributed by atoms with E-state index in [0.717, 1.165) is 5.56 Å².